The Labute approximate surface area is 189 Å². The highest BCUT2D eigenvalue weighted by molar-refractivity contribution is 6.40. The molecule has 0 saturated carbocycles. The zero-order chi connectivity index (χ0) is 22.5. The Morgan fingerprint density at radius 1 is 1.09 bits per heavy atom. The summed E-state index contributed by atoms with van der Waals surface area (Å²) in [5.74, 6) is -0.321. The molecule has 1 fully saturated rings. The van der Waals surface area contributed by atoms with E-state index in [9.17, 15) is 9.59 Å². The molecular formula is C25H30N4O3. The first-order valence-electron chi connectivity index (χ1n) is 11.1. The maximum absolute atomic E-state index is 13.2. The van der Waals surface area contributed by atoms with Gasteiger partial charge in [-0.05, 0) is 36.6 Å². The molecule has 2 heterocycles. The molecule has 2 aromatic rings. The summed E-state index contributed by atoms with van der Waals surface area (Å²) in [5.41, 5.74) is 4.15. The Hall–Kier alpha value is -3.03. The van der Waals surface area contributed by atoms with E-state index < -0.39 is 0 Å². The van der Waals surface area contributed by atoms with E-state index in [1.54, 1.807) is 0 Å². The Kier molecular flexibility index (Phi) is 6.97. The van der Waals surface area contributed by atoms with Crippen LogP contribution in [0, 0.1) is 13.8 Å². The number of morpholine rings is 1. The largest absolute Gasteiger partial charge is 0.379 e. The van der Waals surface area contributed by atoms with Crippen molar-refractivity contribution >= 4 is 23.2 Å². The number of hydrazone groups is 1. The van der Waals surface area contributed by atoms with Gasteiger partial charge in [0.25, 0.3) is 5.91 Å². The minimum absolute atomic E-state index is 0.0943. The molecule has 2 aliphatic heterocycles. The number of nitrogens with one attached hydrogen (secondary N) is 1. The van der Waals surface area contributed by atoms with Crippen LogP contribution in [0.5, 0.6) is 0 Å². The average Bonchev–Trinajstić information content (AvgIpc) is 2.82. The van der Waals surface area contributed by atoms with Crippen LogP contribution < -0.4 is 10.3 Å². The Bertz CT molecular complexity index is 1000. The normalized spacial score (nSPS) is 18.2. The fourth-order valence-corrected chi connectivity index (χ4v) is 4.06. The fraction of sp³-hybridized carbons (Fsp3) is 0.400. The van der Waals surface area contributed by atoms with Crippen LogP contribution in [-0.2, 0) is 14.3 Å². The highest BCUT2D eigenvalue weighted by Crippen LogP contribution is 2.26. The minimum Gasteiger partial charge on any atom is -0.379 e. The molecule has 1 unspecified atom stereocenters. The lowest BCUT2D eigenvalue weighted by Gasteiger charge is -2.31. The van der Waals surface area contributed by atoms with Gasteiger partial charge in [-0.15, -0.1) is 0 Å². The molecule has 4 rings (SSSR count). The maximum Gasteiger partial charge on any atom is 0.268 e. The van der Waals surface area contributed by atoms with E-state index in [1.165, 1.54) is 5.01 Å². The van der Waals surface area contributed by atoms with E-state index in [-0.39, 0.29) is 24.3 Å². The second-order valence-electron chi connectivity index (χ2n) is 8.39. The van der Waals surface area contributed by atoms with E-state index in [1.807, 2.05) is 62.4 Å². The predicted molar refractivity (Wildman–Crippen MR) is 125 cm³/mol. The Morgan fingerprint density at radius 2 is 1.84 bits per heavy atom. The van der Waals surface area contributed by atoms with Gasteiger partial charge >= 0.3 is 0 Å². The van der Waals surface area contributed by atoms with Crippen molar-refractivity contribution in [1.82, 2.24) is 10.2 Å². The quantitative estimate of drug-likeness (QED) is 0.759. The highest BCUT2D eigenvalue weighted by atomic mass is 16.5. The molecule has 2 amide bonds. The van der Waals surface area contributed by atoms with Crippen LogP contribution in [0.2, 0.25) is 0 Å². The minimum atomic E-state index is -0.227. The number of hydrogen-bond acceptors (Lipinski definition) is 5. The third kappa shape index (κ3) is 5.23. The molecule has 2 aliphatic rings. The van der Waals surface area contributed by atoms with E-state index in [4.69, 9.17) is 4.74 Å². The van der Waals surface area contributed by atoms with Crippen molar-refractivity contribution in [2.45, 2.75) is 32.7 Å². The van der Waals surface area contributed by atoms with Crippen LogP contribution in [-0.4, -0.2) is 55.3 Å². The molecule has 1 saturated heterocycles. The standard InChI is InChI=1S/C25H30N4O3/c1-18-8-9-19(2)23(16-18)29-24(30)11-10-21(27-29)25(31)26-22(20-6-4-3-5-7-20)17-28-12-14-32-15-13-28/h3-9,16,22H,10-15,17H2,1-2H3,(H,26,31). The molecule has 1 N–H and O–H groups in total. The summed E-state index contributed by atoms with van der Waals surface area (Å²) in [4.78, 5) is 28.1. The van der Waals surface area contributed by atoms with E-state index >= 15 is 0 Å². The zero-order valence-corrected chi connectivity index (χ0v) is 18.7. The first kappa shape index (κ1) is 22.2. The highest BCUT2D eigenvalue weighted by Gasteiger charge is 2.28. The summed E-state index contributed by atoms with van der Waals surface area (Å²) in [6.45, 7) is 7.71. The van der Waals surface area contributed by atoms with Crippen molar-refractivity contribution in [3.8, 4) is 0 Å². The van der Waals surface area contributed by atoms with Gasteiger partial charge < -0.3 is 10.1 Å². The smallest absolute Gasteiger partial charge is 0.268 e. The number of benzene rings is 2. The number of anilines is 1. The predicted octanol–water partition coefficient (Wildman–Crippen LogP) is 2.98. The molecular weight excluding hydrogens is 404 g/mol. The van der Waals surface area contributed by atoms with Crippen LogP contribution in [0.3, 0.4) is 0 Å². The number of carbonyl (C=O) groups is 2. The monoisotopic (exact) mass is 434 g/mol. The van der Waals surface area contributed by atoms with Gasteiger partial charge in [0.05, 0.1) is 24.9 Å². The number of carbonyl (C=O) groups excluding carboxylic acids is 2. The summed E-state index contributed by atoms with van der Waals surface area (Å²) in [5, 5.41) is 9.05. The molecule has 168 valence electrons. The van der Waals surface area contributed by atoms with Gasteiger partial charge in [-0.1, -0.05) is 42.5 Å². The van der Waals surface area contributed by atoms with Crippen LogP contribution >= 0.6 is 0 Å². The molecule has 0 aliphatic carbocycles. The molecule has 0 radical (unpaired) electrons. The van der Waals surface area contributed by atoms with Crippen LogP contribution in [0.4, 0.5) is 5.69 Å². The third-order valence-electron chi connectivity index (χ3n) is 5.94. The molecule has 0 bridgehead atoms. The summed E-state index contributed by atoms with van der Waals surface area (Å²) < 4.78 is 5.46. The molecule has 2 aromatic carbocycles. The number of ether oxygens (including phenoxy) is 1. The topological polar surface area (TPSA) is 74.2 Å². The SMILES string of the molecule is Cc1ccc(C)c(N2N=C(C(=O)NC(CN3CCOCC3)c3ccccc3)CCC2=O)c1. The summed E-state index contributed by atoms with van der Waals surface area (Å²) in [6.07, 6.45) is 0.601. The lowest BCUT2D eigenvalue weighted by atomic mass is 10.0. The van der Waals surface area contributed by atoms with Crippen molar-refractivity contribution in [3.05, 3.63) is 65.2 Å². The molecule has 0 spiro atoms. The number of aryl methyl sites for hydroxylation is 2. The fourth-order valence-electron chi connectivity index (χ4n) is 4.06. The van der Waals surface area contributed by atoms with Crippen LogP contribution in [0.15, 0.2) is 53.6 Å². The number of amides is 2. The lowest BCUT2D eigenvalue weighted by molar-refractivity contribution is -0.119. The number of hydrogen-bond donors (Lipinski definition) is 1. The van der Waals surface area contributed by atoms with Crippen molar-refractivity contribution < 1.29 is 14.3 Å². The van der Waals surface area contributed by atoms with E-state index in [0.29, 0.717) is 31.9 Å². The van der Waals surface area contributed by atoms with Gasteiger partial charge in [0.2, 0.25) is 5.91 Å². The van der Waals surface area contributed by atoms with Crippen LogP contribution in [0.25, 0.3) is 0 Å². The lowest BCUT2D eigenvalue weighted by Crippen LogP contribution is -2.45. The van der Waals surface area contributed by atoms with E-state index in [0.717, 1.165) is 35.5 Å². The summed E-state index contributed by atoms with van der Waals surface area (Å²) >= 11 is 0. The van der Waals surface area contributed by atoms with Gasteiger partial charge in [0.15, 0.2) is 0 Å². The number of nitrogens with zero attached hydrogens (tertiary/aromatic N) is 3. The molecule has 32 heavy (non-hydrogen) atoms. The average molecular weight is 435 g/mol. The van der Waals surface area contributed by atoms with Crippen molar-refractivity contribution in [2.75, 3.05) is 37.9 Å². The molecule has 7 heteroatoms. The van der Waals surface area contributed by atoms with Gasteiger partial charge in [0.1, 0.15) is 5.71 Å². The molecule has 7 nitrogen and oxygen atoms in total. The van der Waals surface area contributed by atoms with Gasteiger partial charge in [0, 0.05) is 32.5 Å². The summed E-state index contributed by atoms with van der Waals surface area (Å²) in [6, 6.07) is 15.7. The molecule has 0 aromatic heterocycles. The van der Waals surface area contributed by atoms with Gasteiger partial charge in [-0.3, -0.25) is 14.5 Å². The van der Waals surface area contributed by atoms with Gasteiger partial charge in [-0.2, -0.15) is 5.10 Å². The third-order valence-corrected chi connectivity index (χ3v) is 5.94. The van der Waals surface area contributed by atoms with Crippen molar-refractivity contribution in [1.29, 1.82) is 0 Å². The second kappa shape index (κ2) is 10.1. The van der Waals surface area contributed by atoms with Crippen molar-refractivity contribution in [2.24, 2.45) is 5.10 Å². The summed E-state index contributed by atoms with van der Waals surface area (Å²) in [7, 11) is 0. The van der Waals surface area contributed by atoms with Crippen LogP contribution in [0.1, 0.15) is 35.6 Å². The Balaban J connectivity index is 1.55. The molecule has 1 atom stereocenters. The van der Waals surface area contributed by atoms with E-state index in [2.05, 4.69) is 15.3 Å². The maximum atomic E-state index is 13.2. The number of rotatable bonds is 6. The zero-order valence-electron chi connectivity index (χ0n) is 18.7. The van der Waals surface area contributed by atoms with Crippen molar-refractivity contribution in [3.63, 3.8) is 0 Å². The first-order chi connectivity index (χ1) is 15.5. The van der Waals surface area contributed by atoms with Gasteiger partial charge in [-0.25, -0.2) is 5.01 Å². The first-order valence-corrected chi connectivity index (χ1v) is 11.1. The Morgan fingerprint density at radius 3 is 2.59 bits per heavy atom. The second-order valence-corrected chi connectivity index (χ2v) is 8.39.